The Morgan fingerprint density at radius 2 is 2.36 bits per heavy atom. The first kappa shape index (κ1) is 7.78. The molecule has 1 aliphatic rings. The lowest BCUT2D eigenvalue weighted by atomic mass is 10.1. The molecule has 0 unspecified atom stereocenters. The van der Waals surface area contributed by atoms with Gasteiger partial charge in [0, 0.05) is 12.1 Å². The standard InChI is InChI=1S/C7H9NO3/c1-4-3-8-7(11)5(4)2-6(9)10/h2-3H2,1H3,(H,8,11)(H,9,10). The van der Waals surface area contributed by atoms with Gasteiger partial charge in [-0.2, -0.15) is 0 Å². The number of carboxylic acids is 1. The summed E-state index contributed by atoms with van der Waals surface area (Å²) in [6, 6.07) is 0. The number of carboxylic acid groups (broad SMARTS) is 1. The highest BCUT2D eigenvalue weighted by Crippen LogP contribution is 2.13. The molecule has 1 aliphatic heterocycles. The molecule has 1 rings (SSSR count). The summed E-state index contributed by atoms with van der Waals surface area (Å²) >= 11 is 0. The zero-order chi connectivity index (χ0) is 8.43. The van der Waals surface area contributed by atoms with E-state index in [4.69, 9.17) is 5.11 Å². The number of nitrogens with one attached hydrogen (secondary N) is 1. The molecule has 60 valence electrons. The van der Waals surface area contributed by atoms with Gasteiger partial charge in [0.2, 0.25) is 5.91 Å². The average Bonchev–Trinajstić information content (AvgIpc) is 2.18. The zero-order valence-electron chi connectivity index (χ0n) is 6.18. The number of carbonyl (C=O) groups is 2. The summed E-state index contributed by atoms with van der Waals surface area (Å²) in [6.45, 7) is 2.25. The van der Waals surface area contributed by atoms with Crippen molar-refractivity contribution in [2.24, 2.45) is 0 Å². The van der Waals surface area contributed by atoms with Gasteiger partial charge >= 0.3 is 5.97 Å². The van der Waals surface area contributed by atoms with Gasteiger partial charge in [0.1, 0.15) is 0 Å². The van der Waals surface area contributed by atoms with Crippen LogP contribution >= 0.6 is 0 Å². The SMILES string of the molecule is CC1=C(CC(=O)O)C(=O)NC1. The first-order valence-corrected chi connectivity index (χ1v) is 3.30. The normalized spacial score (nSPS) is 17.0. The van der Waals surface area contributed by atoms with Crippen LogP contribution in [0.25, 0.3) is 0 Å². The maximum atomic E-state index is 10.9. The van der Waals surface area contributed by atoms with Crippen LogP contribution in [-0.2, 0) is 9.59 Å². The third-order valence-corrected chi connectivity index (χ3v) is 1.63. The number of rotatable bonds is 2. The van der Waals surface area contributed by atoms with E-state index in [9.17, 15) is 9.59 Å². The van der Waals surface area contributed by atoms with Crippen molar-refractivity contribution in [2.45, 2.75) is 13.3 Å². The average molecular weight is 155 g/mol. The Hall–Kier alpha value is -1.32. The smallest absolute Gasteiger partial charge is 0.308 e. The molecule has 0 aromatic carbocycles. The Morgan fingerprint density at radius 1 is 1.73 bits per heavy atom. The third kappa shape index (κ3) is 1.58. The molecule has 0 bridgehead atoms. The topological polar surface area (TPSA) is 66.4 Å². The lowest BCUT2D eigenvalue weighted by molar-refractivity contribution is -0.137. The first-order valence-electron chi connectivity index (χ1n) is 3.30. The Labute approximate surface area is 63.9 Å². The molecule has 4 nitrogen and oxygen atoms in total. The summed E-state index contributed by atoms with van der Waals surface area (Å²) in [4.78, 5) is 21.1. The molecule has 1 amide bonds. The van der Waals surface area contributed by atoms with E-state index in [1.54, 1.807) is 6.92 Å². The molecule has 2 N–H and O–H groups in total. The minimum atomic E-state index is -0.962. The highest BCUT2D eigenvalue weighted by molar-refractivity contribution is 6.00. The fraction of sp³-hybridized carbons (Fsp3) is 0.429. The Kier molecular flexibility index (Phi) is 1.94. The molecule has 0 aromatic heterocycles. The van der Waals surface area contributed by atoms with Crippen LogP contribution in [0.4, 0.5) is 0 Å². The summed E-state index contributed by atoms with van der Waals surface area (Å²) in [5, 5.41) is 10.9. The molecule has 1 heterocycles. The highest BCUT2D eigenvalue weighted by atomic mass is 16.4. The van der Waals surface area contributed by atoms with Gasteiger partial charge < -0.3 is 10.4 Å². The van der Waals surface area contributed by atoms with Crippen molar-refractivity contribution in [2.75, 3.05) is 6.54 Å². The minimum Gasteiger partial charge on any atom is -0.481 e. The first-order chi connectivity index (χ1) is 5.11. The minimum absolute atomic E-state index is 0.169. The maximum absolute atomic E-state index is 10.9. The van der Waals surface area contributed by atoms with Crippen LogP contribution in [0.15, 0.2) is 11.1 Å². The molecule has 0 aromatic rings. The number of hydrogen-bond acceptors (Lipinski definition) is 2. The van der Waals surface area contributed by atoms with Crippen LogP contribution in [0.1, 0.15) is 13.3 Å². The third-order valence-electron chi connectivity index (χ3n) is 1.63. The largest absolute Gasteiger partial charge is 0.481 e. The van der Waals surface area contributed by atoms with Gasteiger partial charge in [-0.25, -0.2) is 0 Å². The fourth-order valence-electron chi connectivity index (χ4n) is 1.00. The van der Waals surface area contributed by atoms with Gasteiger partial charge in [-0.05, 0) is 12.5 Å². The van der Waals surface area contributed by atoms with Crippen molar-refractivity contribution in [3.05, 3.63) is 11.1 Å². The van der Waals surface area contributed by atoms with E-state index >= 15 is 0 Å². The van der Waals surface area contributed by atoms with Crippen molar-refractivity contribution in [1.29, 1.82) is 0 Å². The molecule has 0 saturated carbocycles. The van der Waals surface area contributed by atoms with Gasteiger partial charge in [-0.3, -0.25) is 9.59 Å². The fourth-order valence-corrected chi connectivity index (χ4v) is 1.00. The van der Waals surface area contributed by atoms with Gasteiger partial charge in [0.05, 0.1) is 6.42 Å². The zero-order valence-corrected chi connectivity index (χ0v) is 6.18. The van der Waals surface area contributed by atoms with Gasteiger partial charge in [0.25, 0.3) is 0 Å². The molecule has 0 atom stereocenters. The lowest BCUT2D eigenvalue weighted by Gasteiger charge is -1.94. The van der Waals surface area contributed by atoms with E-state index in [-0.39, 0.29) is 12.3 Å². The van der Waals surface area contributed by atoms with Gasteiger partial charge in [-0.15, -0.1) is 0 Å². The predicted molar refractivity (Wildman–Crippen MR) is 38.0 cm³/mol. The predicted octanol–water partition coefficient (Wildman–Crippen LogP) is -0.0926. The van der Waals surface area contributed by atoms with E-state index in [2.05, 4.69) is 5.32 Å². The van der Waals surface area contributed by atoms with E-state index in [0.29, 0.717) is 12.1 Å². The van der Waals surface area contributed by atoms with Crippen molar-refractivity contribution >= 4 is 11.9 Å². The Balaban J connectivity index is 2.75. The summed E-state index contributed by atoms with van der Waals surface area (Å²) < 4.78 is 0. The van der Waals surface area contributed by atoms with Crippen LogP contribution in [0.3, 0.4) is 0 Å². The van der Waals surface area contributed by atoms with Crippen LogP contribution in [0, 0.1) is 0 Å². The Morgan fingerprint density at radius 3 is 2.73 bits per heavy atom. The van der Waals surface area contributed by atoms with Crippen LogP contribution in [-0.4, -0.2) is 23.5 Å². The summed E-state index contributed by atoms with van der Waals surface area (Å²) in [5.74, 6) is -1.21. The number of hydrogen-bond donors (Lipinski definition) is 2. The van der Waals surface area contributed by atoms with Crippen molar-refractivity contribution < 1.29 is 14.7 Å². The molecule has 4 heteroatoms. The second kappa shape index (κ2) is 2.74. The van der Waals surface area contributed by atoms with Gasteiger partial charge in [0.15, 0.2) is 0 Å². The van der Waals surface area contributed by atoms with E-state index in [0.717, 1.165) is 5.57 Å². The monoisotopic (exact) mass is 155 g/mol. The van der Waals surface area contributed by atoms with Gasteiger partial charge in [-0.1, -0.05) is 0 Å². The molecule has 11 heavy (non-hydrogen) atoms. The molecule has 0 radical (unpaired) electrons. The summed E-state index contributed by atoms with van der Waals surface area (Å²) in [7, 11) is 0. The van der Waals surface area contributed by atoms with E-state index in [1.165, 1.54) is 0 Å². The summed E-state index contributed by atoms with van der Waals surface area (Å²) in [6.07, 6.45) is -0.169. The van der Waals surface area contributed by atoms with Crippen molar-refractivity contribution in [3.8, 4) is 0 Å². The quantitative estimate of drug-likeness (QED) is 0.585. The number of carbonyl (C=O) groups excluding carboxylic acids is 1. The second-order valence-corrected chi connectivity index (χ2v) is 2.51. The van der Waals surface area contributed by atoms with Crippen LogP contribution < -0.4 is 5.32 Å². The number of aliphatic carboxylic acids is 1. The van der Waals surface area contributed by atoms with E-state index in [1.807, 2.05) is 0 Å². The lowest BCUT2D eigenvalue weighted by Crippen LogP contribution is -2.18. The molecule has 0 saturated heterocycles. The van der Waals surface area contributed by atoms with Crippen LogP contribution in [0.5, 0.6) is 0 Å². The molecule has 0 aliphatic carbocycles. The molecule has 0 spiro atoms. The van der Waals surface area contributed by atoms with E-state index < -0.39 is 5.97 Å². The van der Waals surface area contributed by atoms with Crippen molar-refractivity contribution in [3.63, 3.8) is 0 Å². The summed E-state index contributed by atoms with van der Waals surface area (Å²) in [5.41, 5.74) is 1.23. The molecular weight excluding hydrogens is 146 g/mol. The molecular formula is C7H9NO3. The number of amides is 1. The van der Waals surface area contributed by atoms with Crippen molar-refractivity contribution in [1.82, 2.24) is 5.32 Å². The molecule has 0 fully saturated rings. The Bertz CT molecular complexity index is 242. The van der Waals surface area contributed by atoms with Crippen LogP contribution in [0.2, 0.25) is 0 Å². The highest BCUT2D eigenvalue weighted by Gasteiger charge is 2.21. The maximum Gasteiger partial charge on any atom is 0.308 e. The second-order valence-electron chi connectivity index (χ2n) is 2.51.